The van der Waals surface area contributed by atoms with Gasteiger partial charge in [0, 0.05) is 0 Å². The molecule has 0 nitrogen and oxygen atoms in total. The Bertz CT molecular complexity index is 669. The monoisotopic (exact) mass is 864 g/mol. The van der Waals surface area contributed by atoms with Gasteiger partial charge in [-0.2, -0.15) is 24.3 Å². The van der Waals surface area contributed by atoms with Crippen LogP contribution in [0.1, 0.15) is 53.4 Å². The normalized spacial score (nSPS) is 14.7. The van der Waals surface area contributed by atoms with E-state index in [1.807, 2.05) is 0 Å². The molecule has 0 N–H and O–H groups in total. The molecule has 4 rings (SSSR count). The Morgan fingerprint density at radius 1 is 0.500 bits per heavy atom. The summed E-state index contributed by atoms with van der Waals surface area (Å²) in [4.78, 5) is 0. The van der Waals surface area contributed by atoms with Crippen LogP contribution < -0.4 is 0 Å². The van der Waals surface area contributed by atoms with Crippen molar-refractivity contribution in [2.45, 2.75) is 79.6 Å². The van der Waals surface area contributed by atoms with Gasteiger partial charge in [0.05, 0.1) is 0 Å². The van der Waals surface area contributed by atoms with E-state index in [1.54, 1.807) is 0 Å². The summed E-state index contributed by atoms with van der Waals surface area (Å²) in [5, 5.41) is 0. The largest absolute Gasteiger partial charge is 0.147 e. The van der Waals surface area contributed by atoms with Crippen molar-refractivity contribution in [1.82, 2.24) is 0 Å². The third kappa shape index (κ3) is 39.9. The SMILES string of the molecule is CC1=[C-]CC=C1.CC1=[C-]CC=C1.CC1=[C-]CC=C1.CC1=[C-]CC=C1.C[Si](C)=[Hf+2].C[Si](C)=[Hf+2].Cl.Cl. The quantitative estimate of drug-likeness (QED) is 0.169. The Labute approximate surface area is 254 Å². The molecule has 0 aliphatic heterocycles. The summed E-state index contributed by atoms with van der Waals surface area (Å²) in [5.74, 6) is 0. The standard InChI is InChI=1S/4C6H7.2C2H6Si.2ClH.2Hf/c4*1-6-4-2-3-5-6;2*1-3-2;;;;/h4*2,4H,3H2,1H3;2*1-2H3;2*1H;;/q4*-1;;;;;2*+2. The van der Waals surface area contributed by atoms with Crippen molar-refractivity contribution in [3.05, 3.63) is 95.2 Å². The number of allylic oxidation sites excluding steroid dienone is 16. The molecule has 6 heteroatoms. The molecule has 0 atom stereocenters. The van der Waals surface area contributed by atoms with Crippen LogP contribution in [0, 0.1) is 24.3 Å². The van der Waals surface area contributed by atoms with E-state index < -0.39 is 0 Å². The fourth-order valence-electron chi connectivity index (χ4n) is 2.06. The van der Waals surface area contributed by atoms with Gasteiger partial charge in [-0.25, -0.2) is 46.6 Å². The molecule has 0 heterocycles. The smallest absolute Gasteiger partial charge is 0.147 e. The van der Waals surface area contributed by atoms with Gasteiger partial charge in [-0.15, -0.1) is 50.5 Å². The van der Waals surface area contributed by atoms with Crippen LogP contribution in [0.3, 0.4) is 0 Å². The Morgan fingerprint density at radius 2 is 0.647 bits per heavy atom. The first-order valence-electron chi connectivity index (χ1n) is 11.0. The van der Waals surface area contributed by atoms with Crippen LogP contribution in [0.4, 0.5) is 0 Å². The average Bonchev–Trinajstić information content (AvgIpc) is 3.47. The van der Waals surface area contributed by atoms with Gasteiger partial charge in [0.1, 0.15) is 0 Å². The van der Waals surface area contributed by atoms with Gasteiger partial charge in [-0.05, 0) is 0 Å². The maximum Gasteiger partial charge on any atom is -0.147 e. The van der Waals surface area contributed by atoms with Crippen molar-refractivity contribution in [3.63, 3.8) is 0 Å². The van der Waals surface area contributed by atoms with Crippen molar-refractivity contribution < 1.29 is 46.0 Å². The molecule has 34 heavy (non-hydrogen) atoms. The fraction of sp³-hybridized carbons (Fsp3) is 0.429. The predicted octanol–water partition coefficient (Wildman–Crippen LogP) is 9.20. The van der Waals surface area contributed by atoms with Gasteiger partial charge < -0.3 is 0 Å². The van der Waals surface area contributed by atoms with Gasteiger partial charge in [-0.1, -0.05) is 27.7 Å². The average molecular weight is 863 g/mol. The molecule has 0 saturated heterocycles. The van der Waals surface area contributed by atoms with Gasteiger partial charge >= 0.3 is 83.2 Å². The Balaban J connectivity index is -0.000000159. The molecule has 0 spiro atoms. The van der Waals surface area contributed by atoms with Gasteiger partial charge in [0.2, 0.25) is 0 Å². The van der Waals surface area contributed by atoms with E-state index in [4.69, 9.17) is 0 Å². The molecule has 4 aliphatic carbocycles. The zero-order valence-electron chi connectivity index (χ0n) is 22.3. The van der Waals surface area contributed by atoms with Crippen molar-refractivity contribution in [2.75, 3.05) is 0 Å². The van der Waals surface area contributed by atoms with Crippen LogP contribution in [0.5, 0.6) is 0 Å². The van der Waals surface area contributed by atoms with Crippen molar-refractivity contribution in [3.8, 4) is 0 Å². The van der Waals surface area contributed by atoms with Crippen molar-refractivity contribution in [2.24, 2.45) is 0 Å². The molecular weight excluding hydrogens is 820 g/mol. The molecule has 0 radical (unpaired) electrons. The van der Waals surface area contributed by atoms with Gasteiger partial charge in [-0.3, -0.25) is 24.3 Å². The molecule has 0 aromatic carbocycles. The molecule has 0 saturated carbocycles. The van der Waals surface area contributed by atoms with Crippen LogP contribution in [0.25, 0.3) is 0 Å². The Morgan fingerprint density at radius 3 is 0.676 bits per heavy atom. The maximum atomic E-state index is 3.12. The van der Waals surface area contributed by atoms with E-state index in [-0.39, 0.29) is 35.8 Å². The molecule has 0 aromatic heterocycles. The van der Waals surface area contributed by atoms with Crippen molar-refractivity contribution >= 4 is 35.8 Å². The second-order valence-corrected chi connectivity index (χ2v) is 33.4. The van der Waals surface area contributed by atoms with Crippen LogP contribution >= 0.6 is 24.8 Å². The molecule has 0 bridgehead atoms. The second kappa shape index (κ2) is 29.9. The molecule has 0 amide bonds. The van der Waals surface area contributed by atoms with E-state index in [0.29, 0.717) is 0 Å². The number of halogens is 2. The van der Waals surface area contributed by atoms with E-state index in [1.165, 1.54) is 68.3 Å². The molecule has 0 unspecified atom stereocenters. The third-order valence-electron chi connectivity index (χ3n) is 3.47. The molecule has 4 aliphatic rings. The summed E-state index contributed by atoms with van der Waals surface area (Å²) in [6.45, 7) is 17.6. The van der Waals surface area contributed by atoms with Crippen molar-refractivity contribution in [1.29, 1.82) is 0 Å². The summed E-state index contributed by atoms with van der Waals surface area (Å²) >= 11 is 2.90. The van der Waals surface area contributed by atoms with E-state index in [0.717, 1.165) is 25.7 Å². The van der Waals surface area contributed by atoms with E-state index in [9.17, 15) is 0 Å². The van der Waals surface area contributed by atoms with Crippen LogP contribution in [-0.4, -0.2) is 11.0 Å². The summed E-state index contributed by atoms with van der Waals surface area (Å²) in [6.07, 6.45) is 33.3. The summed E-state index contributed by atoms with van der Waals surface area (Å²) in [7, 11) is 0. The van der Waals surface area contributed by atoms with Gasteiger partial charge in [0.25, 0.3) is 0 Å². The summed E-state index contributed by atoms with van der Waals surface area (Å²) < 4.78 is 0. The topological polar surface area (TPSA) is 0 Å². The Kier molecular flexibility index (Phi) is 36.8. The van der Waals surface area contributed by atoms with Crippen LogP contribution in [-0.2, 0) is 46.0 Å². The molecule has 0 aromatic rings. The first-order chi connectivity index (χ1) is 15.0. The first-order valence-corrected chi connectivity index (χ1v) is 26.8. The third-order valence-corrected chi connectivity index (χ3v) is 3.47. The summed E-state index contributed by atoms with van der Waals surface area (Å²) in [5.41, 5.74) is 5.61. The Hall–Kier alpha value is 0.674. The van der Waals surface area contributed by atoms with Crippen LogP contribution in [0.15, 0.2) is 70.9 Å². The summed E-state index contributed by atoms with van der Waals surface area (Å²) in [6, 6.07) is 0. The number of hydrogen-bond acceptors (Lipinski definition) is 0. The minimum Gasteiger partial charge on any atom is -0.147 e. The van der Waals surface area contributed by atoms with Gasteiger partial charge in [0.15, 0.2) is 0 Å². The molecule has 184 valence electrons. The minimum atomic E-state index is 0. The minimum absolute atomic E-state index is 0. The van der Waals surface area contributed by atoms with E-state index in [2.05, 4.69) is 127 Å². The predicted molar refractivity (Wildman–Crippen MR) is 154 cm³/mol. The maximum absolute atomic E-state index is 3.12. The number of rotatable bonds is 0. The van der Waals surface area contributed by atoms with Crippen LogP contribution in [0.2, 0.25) is 26.2 Å². The fourth-order valence-corrected chi connectivity index (χ4v) is 2.06. The second-order valence-electron chi connectivity index (χ2n) is 7.87. The molecule has 0 fully saturated rings. The molecular formula is C28H42Cl2Hf2Si2. The van der Waals surface area contributed by atoms with E-state index >= 15 is 0 Å². The first kappa shape index (κ1) is 41.8. The zero-order chi connectivity index (χ0) is 24.8. The number of hydrogen-bond donors (Lipinski definition) is 0. The zero-order valence-corrected chi connectivity index (χ0v) is 33.1.